The fourth-order valence-corrected chi connectivity index (χ4v) is 3.81. The van der Waals surface area contributed by atoms with Crippen LogP contribution < -0.4 is 4.74 Å². The molecule has 1 saturated heterocycles. The quantitative estimate of drug-likeness (QED) is 0.365. The zero-order valence-corrected chi connectivity index (χ0v) is 19.3. The molecule has 1 aliphatic heterocycles. The van der Waals surface area contributed by atoms with Crippen molar-refractivity contribution in [2.75, 3.05) is 33.8 Å². The molecule has 1 heterocycles. The first-order valence-electron chi connectivity index (χ1n) is 11.1. The van der Waals surface area contributed by atoms with E-state index in [1.807, 2.05) is 56.3 Å². The van der Waals surface area contributed by atoms with Crippen LogP contribution in [0, 0.1) is 0 Å². The maximum absolute atomic E-state index is 13.1. The lowest BCUT2D eigenvalue weighted by molar-refractivity contribution is -0.140. The standard InChI is InChI=1S/C26H32N2O4/c1-5-16-32-21-9-7-8-20(17-21)24(29)22-23(19-12-10-18(6-2)11-13-19)28(15-14-27(3)4)26(31)25(22)30/h7-13,17,23,29H,5-6,14-16H2,1-4H3/b24-22-. The molecule has 1 aliphatic rings. The Labute approximate surface area is 190 Å². The van der Waals surface area contributed by atoms with Gasteiger partial charge in [-0.15, -0.1) is 0 Å². The summed E-state index contributed by atoms with van der Waals surface area (Å²) >= 11 is 0. The number of aliphatic hydroxyl groups is 1. The molecule has 0 spiro atoms. The Morgan fingerprint density at radius 1 is 1.09 bits per heavy atom. The zero-order chi connectivity index (χ0) is 23.3. The number of rotatable bonds is 9. The Balaban J connectivity index is 2.09. The normalized spacial score (nSPS) is 17.9. The molecule has 3 rings (SSSR count). The molecule has 0 radical (unpaired) electrons. The Morgan fingerprint density at radius 3 is 2.44 bits per heavy atom. The predicted molar refractivity (Wildman–Crippen MR) is 126 cm³/mol. The van der Waals surface area contributed by atoms with Gasteiger partial charge in [0.25, 0.3) is 11.7 Å². The van der Waals surface area contributed by atoms with Crippen molar-refractivity contribution < 1.29 is 19.4 Å². The van der Waals surface area contributed by atoms with E-state index in [0.29, 0.717) is 31.0 Å². The minimum atomic E-state index is -0.661. The molecule has 0 saturated carbocycles. The van der Waals surface area contributed by atoms with Crippen LogP contribution in [0.25, 0.3) is 5.76 Å². The van der Waals surface area contributed by atoms with Gasteiger partial charge in [0.05, 0.1) is 18.2 Å². The lowest BCUT2D eigenvalue weighted by Gasteiger charge is -2.26. The van der Waals surface area contributed by atoms with E-state index < -0.39 is 17.7 Å². The van der Waals surface area contributed by atoms with Crippen LogP contribution in [0.15, 0.2) is 54.1 Å². The number of ketones is 1. The van der Waals surface area contributed by atoms with Crippen molar-refractivity contribution in [2.45, 2.75) is 32.7 Å². The second-order valence-electron chi connectivity index (χ2n) is 8.27. The topological polar surface area (TPSA) is 70.1 Å². The van der Waals surface area contributed by atoms with E-state index in [-0.39, 0.29) is 11.3 Å². The average molecular weight is 437 g/mol. The van der Waals surface area contributed by atoms with Crippen molar-refractivity contribution in [3.63, 3.8) is 0 Å². The molecule has 0 aromatic heterocycles. The van der Waals surface area contributed by atoms with Gasteiger partial charge < -0.3 is 19.6 Å². The molecule has 1 atom stereocenters. The first-order valence-corrected chi connectivity index (χ1v) is 11.1. The van der Waals surface area contributed by atoms with Gasteiger partial charge in [-0.2, -0.15) is 0 Å². The number of ether oxygens (including phenoxy) is 1. The molecule has 1 unspecified atom stereocenters. The second-order valence-corrected chi connectivity index (χ2v) is 8.27. The van der Waals surface area contributed by atoms with Gasteiger partial charge >= 0.3 is 0 Å². The second kappa shape index (κ2) is 10.5. The van der Waals surface area contributed by atoms with Gasteiger partial charge in [-0.1, -0.05) is 50.2 Å². The van der Waals surface area contributed by atoms with E-state index in [0.717, 1.165) is 18.4 Å². The van der Waals surface area contributed by atoms with Crippen LogP contribution in [0.2, 0.25) is 0 Å². The highest BCUT2D eigenvalue weighted by atomic mass is 16.5. The van der Waals surface area contributed by atoms with Gasteiger partial charge in [-0.3, -0.25) is 9.59 Å². The molecular weight excluding hydrogens is 404 g/mol. The highest BCUT2D eigenvalue weighted by Crippen LogP contribution is 2.39. The van der Waals surface area contributed by atoms with E-state index in [1.165, 1.54) is 5.56 Å². The Morgan fingerprint density at radius 2 is 1.81 bits per heavy atom. The first-order chi connectivity index (χ1) is 15.4. The average Bonchev–Trinajstić information content (AvgIpc) is 3.06. The van der Waals surface area contributed by atoms with Crippen molar-refractivity contribution in [3.8, 4) is 5.75 Å². The fourth-order valence-electron chi connectivity index (χ4n) is 3.81. The largest absolute Gasteiger partial charge is 0.507 e. The number of aryl methyl sites for hydroxylation is 1. The number of hydrogen-bond acceptors (Lipinski definition) is 5. The van der Waals surface area contributed by atoms with Crippen LogP contribution in [-0.2, 0) is 16.0 Å². The minimum absolute atomic E-state index is 0.116. The summed E-state index contributed by atoms with van der Waals surface area (Å²) in [6.07, 6.45) is 1.76. The summed E-state index contributed by atoms with van der Waals surface area (Å²) in [6.45, 7) is 5.64. The van der Waals surface area contributed by atoms with Crippen LogP contribution in [0.5, 0.6) is 5.75 Å². The third-order valence-electron chi connectivity index (χ3n) is 5.61. The van der Waals surface area contributed by atoms with Gasteiger partial charge in [0, 0.05) is 18.7 Å². The lowest BCUT2D eigenvalue weighted by atomic mass is 9.94. The third-order valence-corrected chi connectivity index (χ3v) is 5.61. The van der Waals surface area contributed by atoms with Crippen molar-refractivity contribution in [1.29, 1.82) is 0 Å². The highest BCUT2D eigenvalue weighted by molar-refractivity contribution is 6.46. The molecule has 1 fully saturated rings. The van der Waals surface area contributed by atoms with Crippen LogP contribution >= 0.6 is 0 Å². The van der Waals surface area contributed by atoms with E-state index in [4.69, 9.17) is 4.74 Å². The van der Waals surface area contributed by atoms with Gasteiger partial charge in [0.2, 0.25) is 0 Å². The zero-order valence-electron chi connectivity index (χ0n) is 19.3. The number of carbonyl (C=O) groups excluding carboxylic acids is 2. The van der Waals surface area contributed by atoms with Crippen molar-refractivity contribution >= 4 is 17.4 Å². The summed E-state index contributed by atoms with van der Waals surface area (Å²) in [4.78, 5) is 29.6. The smallest absolute Gasteiger partial charge is 0.295 e. The Bertz CT molecular complexity index is 995. The van der Waals surface area contributed by atoms with Gasteiger partial charge in [-0.25, -0.2) is 0 Å². The maximum atomic E-state index is 13.1. The third kappa shape index (κ3) is 5.02. The molecular formula is C26H32N2O4. The summed E-state index contributed by atoms with van der Waals surface area (Å²) in [6, 6.07) is 14.2. The highest BCUT2D eigenvalue weighted by Gasteiger charge is 2.45. The lowest BCUT2D eigenvalue weighted by Crippen LogP contribution is -2.35. The molecule has 1 amide bonds. The summed E-state index contributed by atoms with van der Waals surface area (Å²) < 4.78 is 5.68. The maximum Gasteiger partial charge on any atom is 0.295 e. The summed E-state index contributed by atoms with van der Waals surface area (Å²) in [5.41, 5.74) is 2.55. The number of carbonyl (C=O) groups is 2. The van der Waals surface area contributed by atoms with E-state index in [9.17, 15) is 14.7 Å². The van der Waals surface area contributed by atoms with Crippen molar-refractivity contribution in [3.05, 3.63) is 70.8 Å². The summed E-state index contributed by atoms with van der Waals surface area (Å²) in [5, 5.41) is 11.2. The van der Waals surface area contributed by atoms with E-state index in [1.54, 1.807) is 23.1 Å². The number of aliphatic hydroxyl groups excluding tert-OH is 1. The summed E-state index contributed by atoms with van der Waals surface area (Å²) in [7, 11) is 3.84. The summed E-state index contributed by atoms with van der Waals surface area (Å²) in [5.74, 6) is -0.814. The Hall–Kier alpha value is -3.12. The van der Waals surface area contributed by atoms with Crippen molar-refractivity contribution in [1.82, 2.24) is 9.80 Å². The van der Waals surface area contributed by atoms with Crippen molar-refractivity contribution in [2.24, 2.45) is 0 Å². The number of amides is 1. The predicted octanol–water partition coefficient (Wildman–Crippen LogP) is 4.02. The van der Waals surface area contributed by atoms with Gasteiger partial charge in [0.15, 0.2) is 0 Å². The first kappa shape index (κ1) is 23.5. The fraction of sp³-hybridized carbons (Fsp3) is 0.385. The van der Waals surface area contributed by atoms with E-state index >= 15 is 0 Å². The minimum Gasteiger partial charge on any atom is -0.507 e. The molecule has 32 heavy (non-hydrogen) atoms. The van der Waals surface area contributed by atoms with Crippen LogP contribution in [-0.4, -0.2) is 60.4 Å². The van der Waals surface area contributed by atoms with Crippen LogP contribution in [0.3, 0.4) is 0 Å². The molecule has 0 aliphatic carbocycles. The molecule has 6 nitrogen and oxygen atoms in total. The Kier molecular flexibility index (Phi) is 7.70. The number of likely N-dealkylation sites (N-methyl/N-ethyl adjacent to an activating group) is 1. The molecule has 6 heteroatoms. The molecule has 1 N–H and O–H groups in total. The van der Waals surface area contributed by atoms with E-state index in [2.05, 4.69) is 6.92 Å². The molecule has 0 bridgehead atoms. The number of Topliss-reactive ketones (excluding diaryl/α,β-unsaturated/α-hetero) is 1. The van der Waals surface area contributed by atoms with Crippen LogP contribution in [0.1, 0.15) is 43.0 Å². The number of benzene rings is 2. The monoisotopic (exact) mass is 436 g/mol. The molecule has 2 aromatic carbocycles. The van der Waals surface area contributed by atoms with Crippen LogP contribution in [0.4, 0.5) is 0 Å². The number of nitrogens with zero attached hydrogens (tertiary/aromatic N) is 2. The van der Waals surface area contributed by atoms with Gasteiger partial charge in [-0.05, 0) is 50.2 Å². The SMILES string of the molecule is CCCOc1cccc(/C(O)=C2/C(=O)C(=O)N(CCN(C)C)C2c2ccc(CC)cc2)c1. The molecule has 170 valence electrons. The molecule has 2 aromatic rings. The number of likely N-dealkylation sites (tertiary alicyclic amines) is 1. The van der Waals surface area contributed by atoms with Gasteiger partial charge in [0.1, 0.15) is 11.5 Å². The number of hydrogen-bond donors (Lipinski definition) is 1.